The molecule has 4 N–H and O–H groups in total. The fraction of sp³-hybridized carbons (Fsp3) is 0.0909. The highest BCUT2D eigenvalue weighted by atomic mass is 16.4. The minimum atomic E-state index is -1.05. The molecule has 0 aliphatic heterocycles. The minimum Gasteiger partial charge on any atom is -0.478 e. The Hall–Kier alpha value is -2.50. The van der Waals surface area contributed by atoms with Crippen LogP contribution in [0.1, 0.15) is 16.1 Å². The number of carbonyl (C=O) groups is 1. The van der Waals surface area contributed by atoms with Crippen molar-refractivity contribution in [3.05, 3.63) is 46.1 Å². The summed E-state index contributed by atoms with van der Waals surface area (Å²) in [7, 11) is 0. The van der Waals surface area contributed by atoms with Gasteiger partial charge in [0.1, 0.15) is 0 Å². The molecule has 0 saturated carbocycles. The second-order valence-corrected chi connectivity index (χ2v) is 3.65. The summed E-state index contributed by atoms with van der Waals surface area (Å²) in [6.07, 6.45) is 1.56. The highest BCUT2D eigenvalue weighted by molar-refractivity contribution is 5.89. The number of carboxylic acid groups (broad SMARTS) is 1. The standard InChI is InChI=1S/C11H11N3O3/c1-6-5-13-11(17)14(6)9-3-2-7(10(15)16)4-8(9)12/h2-5H,12H2,1H3,(H,13,17)(H,15,16). The number of nitrogen functional groups attached to an aromatic ring is 1. The third-order valence-corrected chi connectivity index (χ3v) is 2.48. The van der Waals surface area contributed by atoms with E-state index in [1.807, 2.05) is 0 Å². The molecular formula is C11H11N3O3. The molecule has 0 aliphatic carbocycles. The van der Waals surface area contributed by atoms with Crippen molar-refractivity contribution >= 4 is 11.7 Å². The van der Waals surface area contributed by atoms with Crippen molar-refractivity contribution in [2.45, 2.75) is 6.92 Å². The summed E-state index contributed by atoms with van der Waals surface area (Å²) in [5, 5.41) is 8.81. The molecule has 2 aromatic rings. The third kappa shape index (κ3) is 1.80. The quantitative estimate of drug-likeness (QED) is 0.666. The number of H-pyrrole nitrogens is 1. The summed E-state index contributed by atoms with van der Waals surface area (Å²) in [6, 6.07) is 4.25. The molecule has 17 heavy (non-hydrogen) atoms. The summed E-state index contributed by atoms with van der Waals surface area (Å²) in [6.45, 7) is 1.75. The number of aromatic carboxylic acids is 1. The first-order valence-electron chi connectivity index (χ1n) is 4.91. The van der Waals surface area contributed by atoms with Gasteiger partial charge in [0, 0.05) is 11.9 Å². The molecular weight excluding hydrogens is 222 g/mol. The average Bonchev–Trinajstić information content (AvgIpc) is 2.59. The average molecular weight is 233 g/mol. The summed E-state index contributed by atoms with van der Waals surface area (Å²) in [5.74, 6) is -1.05. The molecule has 1 aromatic carbocycles. The minimum absolute atomic E-state index is 0.0903. The van der Waals surface area contributed by atoms with Crippen molar-refractivity contribution in [3.63, 3.8) is 0 Å². The van der Waals surface area contributed by atoms with Gasteiger partial charge in [0.2, 0.25) is 0 Å². The van der Waals surface area contributed by atoms with E-state index in [9.17, 15) is 9.59 Å². The van der Waals surface area contributed by atoms with Crippen LogP contribution >= 0.6 is 0 Å². The van der Waals surface area contributed by atoms with Crippen LogP contribution in [0.4, 0.5) is 5.69 Å². The lowest BCUT2D eigenvalue weighted by Crippen LogP contribution is -2.17. The van der Waals surface area contributed by atoms with Crippen molar-refractivity contribution in [1.82, 2.24) is 9.55 Å². The van der Waals surface area contributed by atoms with Crippen LogP contribution in [-0.2, 0) is 0 Å². The first kappa shape index (κ1) is 11.0. The van der Waals surface area contributed by atoms with Crippen molar-refractivity contribution in [2.75, 3.05) is 5.73 Å². The molecule has 0 fully saturated rings. The van der Waals surface area contributed by atoms with Gasteiger partial charge in [0.25, 0.3) is 0 Å². The van der Waals surface area contributed by atoms with Gasteiger partial charge in [-0.3, -0.25) is 4.57 Å². The molecule has 0 atom stereocenters. The molecule has 0 bridgehead atoms. The largest absolute Gasteiger partial charge is 0.478 e. The maximum absolute atomic E-state index is 11.5. The number of imidazole rings is 1. The number of rotatable bonds is 2. The van der Waals surface area contributed by atoms with E-state index in [4.69, 9.17) is 10.8 Å². The number of carboxylic acids is 1. The summed E-state index contributed by atoms with van der Waals surface area (Å²) < 4.78 is 1.39. The van der Waals surface area contributed by atoms with E-state index in [-0.39, 0.29) is 16.9 Å². The van der Waals surface area contributed by atoms with Crippen molar-refractivity contribution in [1.29, 1.82) is 0 Å². The van der Waals surface area contributed by atoms with Crippen LogP contribution in [0.15, 0.2) is 29.2 Å². The van der Waals surface area contributed by atoms with Gasteiger partial charge in [0.05, 0.1) is 16.9 Å². The molecule has 2 rings (SSSR count). The zero-order chi connectivity index (χ0) is 12.6. The number of hydrogen-bond donors (Lipinski definition) is 3. The number of hydrogen-bond acceptors (Lipinski definition) is 3. The molecule has 0 saturated heterocycles. The fourth-order valence-electron chi connectivity index (χ4n) is 1.65. The van der Waals surface area contributed by atoms with Crippen molar-refractivity contribution in [3.8, 4) is 5.69 Å². The van der Waals surface area contributed by atoms with Gasteiger partial charge < -0.3 is 15.8 Å². The van der Waals surface area contributed by atoms with Crippen LogP contribution in [0.5, 0.6) is 0 Å². The monoisotopic (exact) mass is 233 g/mol. The molecule has 6 heteroatoms. The number of nitrogens with one attached hydrogen (secondary N) is 1. The van der Waals surface area contributed by atoms with Gasteiger partial charge in [-0.25, -0.2) is 9.59 Å². The van der Waals surface area contributed by atoms with Crippen LogP contribution in [0, 0.1) is 6.92 Å². The molecule has 0 aliphatic rings. The Kier molecular flexibility index (Phi) is 2.47. The van der Waals surface area contributed by atoms with Gasteiger partial charge in [0.15, 0.2) is 0 Å². The molecule has 0 spiro atoms. The van der Waals surface area contributed by atoms with Crippen LogP contribution in [0.2, 0.25) is 0 Å². The maximum atomic E-state index is 11.5. The Labute approximate surface area is 96.3 Å². The summed E-state index contributed by atoms with van der Waals surface area (Å²) >= 11 is 0. The number of aromatic amines is 1. The van der Waals surface area contributed by atoms with E-state index in [1.54, 1.807) is 13.1 Å². The Morgan fingerprint density at radius 2 is 2.18 bits per heavy atom. The number of aryl methyl sites for hydroxylation is 1. The number of anilines is 1. The van der Waals surface area contributed by atoms with E-state index < -0.39 is 5.97 Å². The SMILES string of the molecule is Cc1c[nH]c(=O)n1-c1ccc(C(=O)O)cc1N. The van der Waals surface area contributed by atoms with Crippen LogP contribution in [-0.4, -0.2) is 20.6 Å². The van der Waals surface area contributed by atoms with Crippen LogP contribution < -0.4 is 11.4 Å². The van der Waals surface area contributed by atoms with Gasteiger partial charge in [-0.05, 0) is 25.1 Å². The summed E-state index contributed by atoms with van der Waals surface area (Å²) in [4.78, 5) is 24.8. The van der Waals surface area contributed by atoms with Crippen molar-refractivity contribution in [2.24, 2.45) is 0 Å². The number of nitrogens with zero attached hydrogens (tertiary/aromatic N) is 1. The fourth-order valence-corrected chi connectivity index (χ4v) is 1.65. The highest BCUT2D eigenvalue weighted by Gasteiger charge is 2.11. The van der Waals surface area contributed by atoms with Gasteiger partial charge in [-0.2, -0.15) is 0 Å². The second kappa shape index (κ2) is 3.82. The van der Waals surface area contributed by atoms with E-state index >= 15 is 0 Å². The molecule has 88 valence electrons. The second-order valence-electron chi connectivity index (χ2n) is 3.65. The Morgan fingerprint density at radius 1 is 1.47 bits per heavy atom. The zero-order valence-electron chi connectivity index (χ0n) is 9.10. The Morgan fingerprint density at radius 3 is 2.65 bits per heavy atom. The Bertz CT molecular complexity index is 640. The van der Waals surface area contributed by atoms with Gasteiger partial charge in [-0.15, -0.1) is 0 Å². The number of nitrogens with two attached hydrogens (primary N) is 1. The van der Waals surface area contributed by atoms with E-state index in [2.05, 4.69) is 4.98 Å². The molecule has 0 unspecified atom stereocenters. The normalized spacial score (nSPS) is 10.4. The van der Waals surface area contributed by atoms with Crippen LogP contribution in [0.3, 0.4) is 0 Å². The van der Waals surface area contributed by atoms with Gasteiger partial charge >= 0.3 is 11.7 Å². The predicted octanol–water partition coefficient (Wildman–Crippen LogP) is 0.754. The van der Waals surface area contributed by atoms with Gasteiger partial charge in [-0.1, -0.05) is 0 Å². The lowest BCUT2D eigenvalue weighted by Gasteiger charge is -2.08. The van der Waals surface area contributed by atoms with Crippen molar-refractivity contribution < 1.29 is 9.90 Å². The van der Waals surface area contributed by atoms with Crippen LogP contribution in [0.25, 0.3) is 5.69 Å². The first-order chi connectivity index (χ1) is 8.00. The zero-order valence-corrected chi connectivity index (χ0v) is 9.10. The predicted molar refractivity (Wildman–Crippen MR) is 62.5 cm³/mol. The molecule has 1 aromatic heterocycles. The first-order valence-corrected chi connectivity index (χ1v) is 4.91. The molecule has 6 nitrogen and oxygen atoms in total. The molecule has 0 amide bonds. The maximum Gasteiger partial charge on any atom is 0.335 e. The third-order valence-electron chi connectivity index (χ3n) is 2.48. The van der Waals surface area contributed by atoms with E-state index in [1.165, 1.54) is 22.8 Å². The van der Waals surface area contributed by atoms with E-state index in [0.29, 0.717) is 11.4 Å². The molecule has 1 heterocycles. The topological polar surface area (TPSA) is 101 Å². The number of aromatic nitrogens is 2. The lowest BCUT2D eigenvalue weighted by atomic mass is 10.1. The summed E-state index contributed by atoms with van der Waals surface area (Å²) in [5.41, 5.74) is 6.95. The van der Waals surface area contributed by atoms with E-state index in [0.717, 1.165) is 0 Å². The number of benzene rings is 1. The lowest BCUT2D eigenvalue weighted by molar-refractivity contribution is 0.0697. The highest BCUT2D eigenvalue weighted by Crippen LogP contribution is 2.18. The molecule has 0 radical (unpaired) electrons. The Balaban J connectivity index is 2.62. The smallest absolute Gasteiger partial charge is 0.335 e.